The number of fused-ring (bicyclic) bond motifs is 4. The normalized spacial score (nSPS) is 47.7. The van der Waals surface area contributed by atoms with Crippen LogP contribution in [-0.2, 0) is 9.53 Å². The predicted octanol–water partition coefficient (Wildman–Crippen LogP) is 6.66. The van der Waals surface area contributed by atoms with E-state index in [2.05, 4.69) is 41.5 Å². The average molecular weight is 419 g/mol. The van der Waals surface area contributed by atoms with Gasteiger partial charge in [-0.25, -0.2) is 0 Å². The Kier molecular flexibility index (Phi) is 5.06. The molecule has 0 aromatic heterocycles. The third-order valence-corrected chi connectivity index (χ3v) is 12.0. The molecule has 4 aliphatic carbocycles. The molecule has 0 aromatic carbocycles. The van der Waals surface area contributed by atoms with Gasteiger partial charge in [-0.15, -0.1) is 0 Å². The van der Waals surface area contributed by atoms with Gasteiger partial charge in [-0.1, -0.05) is 48.5 Å². The van der Waals surface area contributed by atoms with Crippen molar-refractivity contribution >= 4 is 5.97 Å². The van der Waals surface area contributed by atoms with Crippen LogP contribution in [0.1, 0.15) is 119 Å². The summed E-state index contributed by atoms with van der Waals surface area (Å²) in [5.41, 5.74) is -0.113. The molecule has 172 valence electrons. The highest BCUT2D eigenvalue weighted by Gasteiger charge is 2.77. The van der Waals surface area contributed by atoms with Crippen LogP contribution in [0.5, 0.6) is 0 Å². The summed E-state index contributed by atoms with van der Waals surface area (Å²) in [5.74, 6) is 0.593. The first-order chi connectivity index (χ1) is 14.0. The fourth-order valence-corrected chi connectivity index (χ4v) is 10.4. The zero-order valence-corrected chi connectivity index (χ0v) is 20.7. The lowest BCUT2D eigenvalue weighted by Gasteiger charge is -2.56. The van der Waals surface area contributed by atoms with Crippen molar-refractivity contribution < 1.29 is 14.6 Å². The third-order valence-electron chi connectivity index (χ3n) is 12.0. The second-order valence-electron chi connectivity index (χ2n) is 12.4. The summed E-state index contributed by atoms with van der Waals surface area (Å²) in [6, 6.07) is 0. The van der Waals surface area contributed by atoms with E-state index in [0.29, 0.717) is 12.3 Å². The van der Waals surface area contributed by atoms with Gasteiger partial charge in [-0.05, 0) is 86.4 Å². The minimum Gasteiger partial charge on any atom is -0.462 e. The van der Waals surface area contributed by atoms with Gasteiger partial charge in [0.1, 0.15) is 6.10 Å². The standard InChI is InChI=1S/C27H46O3/c1-8-21(28)30-20-17-24(15-14-23(20,7)26(24,9-2)10-3)18-25-13-12-19(16-25)22(5,6)27(25,29)11-4/h19-20,29H,8-18H2,1-7H3. The van der Waals surface area contributed by atoms with Gasteiger partial charge in [-0.2, -0.15) is 0 Å². The molecular weight excluding hydrogens is 372 g/mol. The highest BCUT2D eigenvalue weighted by molar-refractivity contribution is 5.69. The Labute approximate surface area is 184 Å². The Morgan fingerprint density at radius 1 is 0.933 bits per heavy atom. The van der Waals surface area contributed by atoms with Gasteiger partial charge < -0.3 is 9.84 Å². The van der Waals surface area contributed by atoms with Crippen molar-refractivity contribution in [3.05, 3.63) is 0 Å². The Hall–Kier alpha value is -0.570. The van der Waals surface area contributed by atoms with Crippen LogP contribution in [-0.4, -0.2) is 22.8 Å². The molecule has 0 aliphatic heterocycles. The second kappa shape index (κ2) is 6.72. The Bertz CT molecular complexity index is 709. The third kappa shape index (κ3) is 2.29. The summed E-state index contributed by atoms with van der Waals surface area (Å²) >= 11 is 0. The van der Waals surface area contributed by atoms with E-state index >= 15 is 0 Å². The molecule has 0 amide bonds. The maximum absolute atomic E-state index is 12.3. The zero-order valence-electron chi connectivity index (χ0n) is 20.7. The molecule has 0 saturated heterocycles. The molecular formula is C27H46O3. The Morgan fingerprint density at radius 2 is 1.60 bits per heavy atom. The Morgan fingerprint density at radius 3 is 2.17 bits per heavy atom. The number of aliphatic hydroxyl groups is 1. The van der Waals surface area contributed by atoms with Crippen LogP contribution >= 0.6 is 0 Å². The van der Waals surface area contributed by atoms with Gasteiger partial charge in [0.15, 0.2) is 0 Å². The first kappa shape index (κ1) is 22.6. The lowest BCUT2D eigenvalue weighted by molar-refractivity contribution is -0.171. The van der Waals surface area contributed by atoms with E-state index in [0.717, 1.165) is 38.5 Å². The number of carbonyl (C=O) groups excluding carboxylic acids is 1. The largest absolute Gasteiger partial charge is 0.462 e. The summed E-state index contributed by atoms with van der Waals surface area (Å²) in [7, 11) is 0. The number of carbonyl (C=O) groups is 1. The van der Waals surface area contributed by atoms with Crippen molar-refractivity contribution in [2.75, 3.05) is 0 Å². The molecule has 4 saturated carbocycles. The van der Waals surface area contributed by atoms with Crippen LogP contribution in [0.2, 0.25) is 0 Å². The monoisotopic (exact) mass is 418 g/mol. The second-order valence-corrected chi connectivity index (χ2v) is 12.4. The molecule has 4 rings (SSSR count). The van der Waals surface area contributed by atoms with E-state index in [4.69, 9.17) is 4.74 Å². The summed E-state index contributed by atoms with van der Waals surface area (Å²) in [6.45, 7) is 15.9. The van der Waals surface area contributed by atoms with Gasteiger partial charge >= 0.3 is 5.97 Å². The number of hydrogen-bond donors (Lipinski definition) is 1. The lowest BCUT2D eigenvalue weighted by atomic mass is 9.50. The first-order valence-corrected chi connectivity index (χ1v) is 12.9. The molecule has 3 heteroatoms. The molecule has 6 unspecified atom stereocenters. The molecule has 4 bridgehead atoms. The molecule has 4 fully saturated rings. The highest BCUT2D eigenvalue weighted by Crippen LogP contribution is 2.81. The van der Waals surface area contributed by atoms with E-state index < -0.39 is 5.60 Å². The van der Waals surface area contributed by atoms with Gasteiger partial charge in [-0.3, -0.25) is 4.79 Å². The fraction of sp³-hybridized carbons (Fsp3) is 0.963. The van der Waals surface area contributed by atoms with Crippen molar-refractivity contribution in [3.8, 4) is 0 Å². The maximum Gasteiger partial charge on any atom is 0.305 e. The van der Waals surface area contributed by atoms with Crippen LogP contribution in [0.3, 0.4) is 0 Å². The van der Waals surface area contributed by atoms with E-state index in [9.17, 15) is 9.90 Å². The van der Waals surface area contributed by atoms with Crippen molar-refractivity contribution in [2.45, 2.75) is 131 Å². The number of hydrogen-bond acceptors (Lipinski definition) is 3. The minimum atomic E-state index is -0.581. The van der Waals surface area contributed by atoms with Crippen molar-refractivity contribution in [3.63, 3.8) is 0 Å². The van der Waals surface area contributed by atoms with Crippen LogP contribution in [0.15, 0.2) is 0 Å². The lowest BCUT2D eigenvalue weighted by Crippen LogP contribution is -2.57. The highest BCUT2D eigenvalue weighted by atomic mass is 16.5. The quantitative estimate of drug-likeness (QED) is 0.470. The average Bonchev–Trinajstić information content (AvgIpc) is 3.35. The van der Waals surface area contributed by atoms with Gasteiger partial charge in [0.25, 0.3) is 0 Å². The molecule has 3 nitrogen and oxygen atoms in total. The SMILES string of the molecule is CCC(=O)OC1CC2(CC34CCC(C3)C(C)(C)C4(O)CC)CCC1(C)C2(CC)CC. The molecule has 0 heterocycles. The molecule has 1 N–H and O–H groups in total. The summed E-state index contributed by atoms with van der Waals surface area (Å²) in [4.78, 5) is 12.3. The molecule has 0 spiro atoms. The minimum absolute atomic E-state index is 0.00762. The summed E-state index contributed by atoms with van der Waals surface area (Å²) in [5, 5.41) is 12.2. The topological polar surface area (TPSA) is 46.5 Å². The number of esters is 1. The van der Waals surface area contributed by atoms with Gasteiger partial charge in [0.05, 0.1) is 5.60 Å². The Balaban J connectivity index is 1.77. The van der Waals surface area contributed by atoms with E-state index in [-0.39, 0.29) is 39.1 Å². The predicted molar refractivity (Wildman–Crippen MR) is 121 cm³/mol. The van der Waals surface area contributed by atoms with E-state index in [1.54, 1.807) is 0 Å². The zero-order chi connectivity index (χ0) is 22.2. The van der Waals surface area contributed by atoms with Crippen LogP contribution in [0.25, 0.3) is 0 Å². The van der Waals surface area contributed by atoms with Crippen LogP contribution in [0.4, 0.5) is 0 Å². The maximum atomic E-state index is 12.3. The van der Waals surface area contributed by atoms with Gasteiger partial charge in [0.2, 0.25) is 0 Å². The van der Waals surface area contributed by atoms with Crippen molar-refractivity contribution in [1.29, 1.82) is 0 Å². The molecule has 4 aliphatic rings. The fourth-order valence-electron chi connectivity index (χ4n) is 10.4. The molecule has 0 aromatic rings. The number of rotatable bonds is 7. The molecule has 30 heavy (non-hydrogen) atoms. The van der Waals surface area contributed by atoms with Gasteiger partial charge in [0, 0.05) is 17.3 Å². The van der Waals surface area contributed by atoms with Crippen molar-refractivity contribution in [2.24, 2.45) is 33.0 Å². The smallest absolute Gasteiger partial charge is 0.305 e. The first-order valence-electron chi connectivity index (χ1n) is 12.9. The van der Waals surface area contributed by atoms with Crippen molar-refractivity contribution in [1.82, 2.24) is 0 Å². The molecule has 6 atom stereocenters. The van der Waals surface area contributed by atoms with Crippen LogP contribution < -0.4 is 0 Å². The van der Waals surface area contributed by atoms with Crippen LogP contribution in [0, 0.1) is 33.0 Å². The number of ether oxygens (including phenoxy) is 1. The summed E-state index contributed by atoms with van der Waals surface area (Å²) < 4.78 is 6.14. The van der Waals surface area contributed by atoms with E-state index in [1.807, 2.05) is 6.92 Å². The molecule has 0 radical (unpaired) electrons. The summed E-state index contributed by atoms with van der Waals surface area (Å²) in [6.07, 6.45) is 11.8. The van der Waals surface area contributed by atoms with E-state index in [1.165, 1.54) is 25.7 Å².